The Bertz CT molecular complexity index is 533. The minimum atomic E-state index is -0.935. The molecule has 0 aromatic carbocycles. The summed E-state index contributed by atoms with van der Waals surface area (Å²) in [6.07, 6.45) is -1.50. The molecule has 0 aromatic rings. The van der Waals surface area contributed by atoms with Gasteiger partial charge in [-0.2, -0.15) is 0 Å². The third kappa shape index (κ3) is 13.0. The van der Waals surface area contributed by atoms with E-state index in [0.29, 0.717) is 0 Å². The van der Waals surface area contributed by atoms with Gasteiger partial charge < -0.3 is 0 Å². The molecule has 168 valence electrons. The van der Waals surface area contributed by atoms with Gasteiger partial charge in [0, 0.05) is 0 Å². The zero-order valence-corrected chi connectivity index (χ0v) is 20.0. The summed E-state index contributed by atoms with van der Waals surface area (Å²) in [5.41, 5.74) is -1.44. The van der Waals surface area contributed by atoms with Gasteiger partial charge in [-0.05, 0) is 0 Å². The summed E-state index contributed by atoms with van der Waals surface area (Å²) in [6, 6.07) is -1.87. The number of hydrogen-bond donors (Lipinski definition) is 2. The number of amides is 2. The van der Waals surface area contributed by atoms with Crippen LogP contribution in [0.2, 0.25) is 10.6 Å². The van der Waals surface area contributed by atoms with Crippen molar-refractivity contribution in [3.63, 3.8) is 0 Å². The number of rotatable bonds is 8. The van der Waals surface area contributed by atoms with Crippen LogP contribution in [-0.2, 0) is 28.5 Å². The molecule has 0 bridgehead atoms. The van der Waals surface area contributed by atoms with Crippen LogP contribution in [0.15, 0.2) is 0 Å². The average Bonchev–Trinajstić information content (AvgIpc) is 2.55. The predicted octanol–water partition coefficient (Wildman–Crippen LogP) is 1.66. The Labute approximate surface area is 177 Å². The Balaban J connectivity index is 4.89. The monoisotopic (exact) mass is 484 g/mol. The number of alkyl carbamates (subject to hydrolysis) is 2. The number of hydrogen-bond acceptors (Lipinski definition) is 8. The van der Waals surface area contributed by atoms with Crippen molar-refractivity contribution in [2.24, 2.45) is 0 Å². The molecule has 2 amide bonds. The second kappa shape index (κ2) is 11.9. The molecule has 0 fully saturated rings. The molecule has 0 aromatic heterocycles. The Morgan fingerprint density at radius 2 is 1.03 bits per heavy atom. The van der Waals surface area contributed by atoms with E-state index in [1.165, 1.54) is 14.2 Å². The molecule has 2 N–H and O–H groups in total. The zero-order valence-electron chi connectivity index (χ0n) is 18.2. The van der Waals surface area contributed by atoms with E-state index in [0.717, 1.165) is 0 Å². The summed E-state index contributed by atoms with van der Waals surface area (Å²) in [7, 11) is 2.42. The van der Waals surface area contributed by atoms with Gasteiger partial charge in [0.1, 0.15) is 0 Å². The maximum atomic E-state index is 11.9. The summed E-state index contributed by atoms with van der Waals surface area (Å²) < 4.78 is 19.7. The summed E-state index contributed by atoms with van der Waals surface area (Å²) in [4.78, 5) is 47.8. The van der Waals surface area contributed by atoms with Gasteiger partial charge in [-0.1, -0.05) is 0 Å². The number of esters is 2. The molecule has 0 radical (unpaired) electrons. The average molecular weight is 483 g/mol. The van der Waals surface area contributed by atoms with Gasteiger partial charge in [-0.15, -0.1) is 0 Å². The van der Waals surface area contributed by atoms with Crippen LogP contribution in [0.1, 0.15) is 41.5 Å². The fourth-order valence-electron chi connectivity index (χ4n) is 1.83. The van der Waals surface area contributed by atoms with Crippen molar-refractivity contribution in [1.82, 2.24) is 10.6 Å². The molecule has 0 spiro atoms. The zero-order chi connectivity index (χ0) is 22.8. The van der Waals surface area contributed by atoms with Crippen molar-refractivity contribution < 1.29 is 38.1 Å². The maximum absolute atomic E-state index is 11.9. The van der Waals surface area contributed by atoms with Gasteiger partial charge in [0.15, 0.2) is 0 Å². The third-order valence-electron chi connectivity index (χ3n) is 2.92. The van der Waals surface area contributed by atoms with Crippen LogP contribution in [0.25, 0.3) is 0 Å². The molecular formula is C18H32N2O8Se. The fraction of sp³-hybridized carbons (Fsp3) is 0.778. The van der Waals surface area contributed by atoms with Crippen LogP contribution in [0.5, 0.6) is 0 Å². The van der Waals surface area contributed by atoms with Crippen LogP contribution >= 0.6 is 0 Å². The van der Waals surface area contributed by atoms with Crippen LogP contribution in [0, 0.1) is 0 Å². The van der Waals surface area contributed by atoms with Crippen LogP contribution in [0.4, 0.5) is 9.59 Å². The molecule has 10 nitrogen and oxygen atoms in total. The molecule has 11 heteroatoms. The topological polar surface area (TPSA) is 129 Å². The standard InChI is InChI=1S/C18H32N2O8Se/c1-17(2,3)27-15(23)19-11(13(21)25-7)9-29-10-12(14(22)26-8)20-16(24)28-18(4,5)6/h11-12H,9-10H2,1-8H3,(H,19,23)(H,20,24)/t11-,12-/m0/s1. The van der Waals surface area contributed by atoms with E-state index in [-0.39, 0.29) is 25.6 Å². The Morgan fingerprint density at radius 3 is 1.28 bits per heavy atom. The van der Waals surface area contributed by atoms with Gasteiger partial charge in [0.25, 0.3) is 0 Å². The molecule has 0 saturated carbocycles. The van der Waals surface area contributed by atoms with E-state index in [2.05, 4.69) is 10.6 Å². The van der Waals surface area contributed by atoms with Gasteiger partial charge in [-0.3, -0.25) is 0 Å². The van der Waals surface area contributed by atoms with E-state index in [1.54, 1.807) is 41.5 Å². The normalized spacial score (nSPS) is 13.5. The number of carbonyl (C=O) groups excluding carboxylic acids is 4. The van der Waals surface area contributed by atoms with Crippen molar-refractivity contribution in [2.75, 3.05) is 14.2 Å². The Hall–Kier alpha value is -2.00. The third-order valence-corrected chi connectivity index (χ3v) is 5.31. The molecule has 0 saturated heterocycles. The van der Waals surface area contributed by atoms with E-state index >= 15 is 0 Å². The van der Waals surface area contributed by atoms with Crippen molar-refractivity contribution in [3.05, 3.63) is 0 Å². The van der Waals surface area contributed by atoms with Crippen molar-refractivity contribution in [3.8, 4) is 0 Å². The van der Waals surface area contributed by atoms with Crippen LogP contribution in [-0.4, -0.2) is 76.6 Å². The molecule has 0 heterocycles. The van der Waals surface area contributed by atoms with Gasteiger partial charge in [-0.25, -0.2) is 0 Å². The van der Waals surface area contributed by atoms with E-state index in [1.807, 2.05) is 0 Å². The number of methoxy groups -OCH3 is 2. The first-order chi connectivity index (χ1) is 13.2. The molecular weight excluding hydrogens is 451 g/mol. The molecule has 0 aliphatic heterocycles. The van der Waals surface area contributed by atoms with Crippen molar-refractivity contribution in [2.45, 2.75) is 75.5 Å². The number of ether oxygens (including phenoxy) is 4. The van der Waals surface area contributed by atoms with E-state index in [9.17, 15) is 19.2 Å². The summed E-state index contributed by atoms with van der Waals surface area (Å²) in [5, 5.41) is 5.38. The molecule has 0 aliphatic carbocycles. The summed E-state index contributed by atoms with van der Waals surface area (Å²) >= 11 is -0.332. The van der Waals surface area contributed by atoms with Crippen LogP contribution in [0.3, 0.4) is 0 Å². The summed E-state index contributed by atoms with van der Waals surface area (Å²) in [5.74, 6) is -1.26. The fourth-order valence-corrected chi connectivity index (χ4v) is 4.02. The number of carbonyl (C=O) groups is 4. The molecule has 29 heavy (non-hydrogen) atoms. The quantitative estimate of drug-likeness (QED) is 0.303. The number of nitrogens with one attached hydrogen (secondary N) is 2. The molecule has 2 atom stereocenters. The first-order valence-corrected chi connectivity index (χ1v) is 11.3. The predicted molar refractivity (Wildman–Crippen MR) is 106 cm³/mol. The van der Waals surface area contributed by atoms with Gasteiger partial charge in [0.05, 0.1) is 0 Å². The van der Waals surface area contributed by atoms with Crippen molar-refractivity contribution in [1.29, 1.82) is 0 Å². The first kappa shape index (κ1) is 27.0. The van der Waals surface area contributed by atoms with Crippen molar-refractivity contribution >= 4 is 39.1 Å². The van der Waals surface area contributed by atoms with Crippen LogP contribution < -0.4 is 10.6 Å². The molecule has 0 unspecified atom stereocenters. The second-order valence-electron chi connectivity index (χ2n) is 7.98. The van der Waals surface area contributed by atoms with E-state index in [4.69, 9.17) is 18.9 Å². The Kier molecular flexibility index (Phi) is 11.1. The molecule has 0 aliphatic rings. The molecule has 0 rings (SSSR count). The second-order valence-corrected chi connectivity index (χ2v) is 10.2. The van der Waals surface area contributed by atoms with E-state index < -0.39 is 47.4 Å². The Morgan fingerprint density at radius 1 is 0.724 bits per heavy atom. The SMILES string of the molecule is COC(=O)[C@H](C[Se]C[C@H](NC(=O)OC(C)(C)C)C(=O)OC)NC(=O)OC(C)(C)C. The first-order valence-electron chi connectivity index (χ1n) is 8.91. The van der Waals surface area contributed by atoms with Gasteiger partial charge in [0.2, 0.25) is 0 Å². The van der Waals surface area contributed by atoms with Gasteiger partial charge >= 0.3 is 178 Å². The summed E-state index contributed by atoms with van der Waals surface area (Å²) in [6.45, 7) is 10.2. The minimum absolute atomic E-state index is 0.225.